The zero-order chi connectivity index (χ0) is 17.5. The van der Waals surface area contributed by atoms with Gasteiger partial charge in [0.25, 0.3) is 0 Å². The molecule has 0 aromatic carbocycles. The highest BCUT2D eigenvalue weighted by molar-refractivity contribution is 5.72. The number of hydrogen-bond acceptors (Lipinski definition) is 4. The molecular weight excluding hydrogens is 329 g/mol. The fraction of sp³-hybridized carbons (Fsp3) is 0.429. The smallest absolute Gasteiger partial charge is 0.433 e. The molecule has 1 aliphatic heterocycles. The zero-order valence-corrected chi connectivity index (χ0v) is 12.3. The van der Waals surface area contributed by atoms with Gasteiger partial charge in [-0.3, -0.25) is 9.55 Å². The average molecular weight is 342 g/mol. The number of pyridine rings is 1. The van der Waals surface area contributed by atoms with E-state index in [1.807, 2.05) is 0 Å². The van der Waals surface area contributed by atoms with Crippen molar-refractivity contribution in [2.75, 3.05) is 0 Å². The van der Waals surface area contributed by atoms with Gasteiger partial charge in [-0.25, -0.2) is 14.3 Å². The van der Waals surface area contributed by atoms with Crippen LogP contribution < -0.4 is 5.69 Å². The van der Waals surface area contributed by atoms with E-state index in [1.54, 1.807) is 0 Å². The lowest BCUT2D eigenvalue weighted by atomic mass is 10.1. The first-order valence-electron chi connectivity index (χ1n) is 7.20. The van der Waals surface area contributed by atoms with E-state index >= 15 is 0 Å². The van der Waals surface area contributed by atoms with Crippen LogP contribution in [0.2, 0.25) is 0 Å². The summed E-state index contributed by atoms with van der Waals surface area (Å²) in [5.41, 5.74) is -1.24. The second-order valence-corrected chi connectivity index (χ2v) is 5.52. The van der Waals surface area contributed by atoms with Gasteiger partial charge < -0.3 is 5.11 Å². The predicted molar refractivity (Wildman–Crippen MR) is 74.4 cm³/mol. The van der Waals surface area contributed by atoms with Crippen LogP contribution in [0.25, 0.3) is 0 Å². The molecule has 1 aliphatic rings. The summed E-state index contributed by atoms with van der Waals surface area (Å²) in [4.78, 5) is 26.9. The number of carboxylic acid groups (broad SMARTS) is 1. The van der Waals surface area contributed by atoms with Crippen molar-refractivity contribution in [3.63, 3.8) is 0 Å². The van der Waals surface area contributed by atoms with E-state index in [0.29, 0.717) is 30.7 Å². The number of alkyl halides is 3. The molecule has 1 unspecified atom stereocenters. The molecule has 128 valence electrons. The van der Waals surface area contributed by atoms with Crippen molar-refractivity contribution in [3.8, 4) is 0 Å². The third kappa shape index (κ3) is 2.91. The van der Waals surface area contributed by atoms with Crippen molar-refractivity contribution in [1.29, 1.82) is 0 Å². The lowest BCUT2D eigenvalue weighted by Gasteiger charge is -2.19. The first-order chi connectivity index (χ1) is 11.3. The van der Waals surface area contributed by atoms with Crippen LogP contribution in [-0.4, -0.2) is 30.4 Å². The number of nitrogens with zero attached hydrogens (tertiary/aromatic N) is 4. The van der Waals surface area contributed by atoms with E-state index in [2.05, 4.69) is 10.1 Å². The summed E-state index contributed by atoms with van der Waals surface area (Å²) in [5, 5.41) is 13.3. The van der Waals surface area contributed by atoms with Gasteiger partial charge in [0.2, 0.25) is 0 Å². The first-order valence-corrected chi connectivity index (χ1v) is 7.20. The molecule has 3 heterocycles. The van der Waals surface area contributed by atoms with Gasteiger partial charge >= 0.3 is 17.8 Å². The average Bonchev–Trinajstić information content (AvgIpc) is 2.83. The molecule has 1 N–H and O–H groups in total. The number of aromatic nitrogens is 4. The molecule has 3 rings (SSSR count). The second kappa shape index (κ2) is 5.77. The Hall–Kier alpha value is -2.65. The molecule has 0 amide bonds. The van der Waals surface area contributed by atoms with E-state index in [4.69, 9.17) is 0 Å². The quantitative estimate of drug-likeness (QED) is 0.912. The Bertz CT molecular complexity index is 823. The Morgan fingerprint density at radius 2 is 2.12 bits per heavy atom. The van der Waals surface area contributed by atoms with Gasteiger partial charge in [-0.1, -0.05) is 6.07 Å². The van der Waals surface area contributed by atoms with Crippen LogP contribution in [0.3, 0.4) is 0 Å². The maximum atomic E-state index is 12.5. The summed E-state index contributed by atoms with van der Waals surface area (Å²) in [6.45, 7) is -0.0731. The summed E-state index contributed by atoms with van der Waals surface area (Å²) >= 11 is 0. The number of aliphatic carboxylic acids is 1. The molecule has 2 aromatic rings. The van der Waals surface area contributed by atoms with Crippen molar-refractivity contribution in [2.24, 2.45) is 0 Å². The van der Waals surface area contributed by atoms with E-state index < -0.39 is 29.6 Å². The van der Waals surface area contributed by atoms with Gasteiger partial charge in [0, 0.05) is 12.6 Å². The highest BCUT2D eigenvalue weighted by atomic mass is 19.4. The van der Waals surface area contributed by atoms with Crippen molar-refractivity contribution < 1.29 is 23.1 Å². The molecule has 0 fully saturated rings. The number of fused-ring (bicyclic) bond motifs is 1. The Labute approximate surface area is 133 Å². The summed E-state index contributed by atoms with van der Waals surface area (Å²) in [6, 6.07) is 1.09. The van der Waals surface area contributed by atoms with Crippen molar-refractivity contribution in [1.82, 2.24) is 19.3 Å². The molecule has 0 saturated heterocycles. The van der Waals surface area contributed by atoms with E-state index in [-0.39, 0.29) is 6.54 Å². The number of hydrogen-bond donors (Lipinski definition) is 1. The molecule has 0 bridgehead atoms. The monoisotopic (exact) mass is 342 g/mol. The first kappa shape index (κ1) is 16.2. The maximum absolute atomic E-state index is 12.5. The fourth-order valence-electron chi connectivity index (χ4n) is 2.73. The van der Waals surface area contributed by atoms with Gasteiger partial charge in [0.15, 0.2) is 0 Å². The second-order valence-electron chi connectivity index (χ2n) is 5.52. The molecule has 0 radical (unpaired) electrons. The summed E-state index contributed by atoms with van der Waals surface area (Å²) in [5.74, 6) is -0.729. The molecule has 0 spiro atoms. The number of carbonyl (C=O) groups is 1. The molecule has 0 saturated carbocycles. The predicted octanol–water partition coefficient (Wildman–Crippen LogP) is 1.47. The lowest BCUT2D eigenvalue weighted by Crippen LogP contribution is -2.34. The van der Waals surface area contributed by atoms with Gasteiger partial charge in [0.05, 0.1) is 6.54 Å². The largest absolute Gasteiger partial charge is 0.480 e. The van der Waals surface area contributed by atoms with Crippen LogP contribution in [0.5, 0.6) is 0 Å². The molecule has 10 heteroatoms. The van der Waals surface area contributed by atoms with E-state index in [9.17, 15) is 27.9 Å². The topological polar surface area (TPSA) is 90.0 Å². The van der Waals surface area contributed by atoms with Gasteiger partial charge in [-0.05, 0) is 24.5 Å². The Balaban J connectivity index is 1.89. The van der Waals surface area contributed by atoms with Crippen LogP contribution >= 0.6 is 0 Å². The van der Waals surface area contributed by atoms with E-state index in [0.717, 1.165) is 21.5 Å². The Kier molecular flexibility index (Phi) is 3.90. The molecule has 24 heavy (non-hydrogen) atoms. The van der Waals surface area contributed by atoms with Crippen LogP contribution in [-0.2, 0) is 23.9 Å². The summed E-state index contributed by atoms with van der Waals surface area (Å²) in [6.07, 6.45) is -2.07. The zero-order valence-electron chi connectivity index (χ0n) is 12.3. The van der Waals surface area contributed by atoms with Gasteiger partial charge in [0.1, 0.15) is 17.6 Å². The highest BCUT2D eigenvalue weighted by Crippen LogP contribution is 2.27. The SMILES string of the molecule is O=C(O)C1CCCc2nn(Cc3ccc(C(F)(F)F)nc3)c(=O)n21. The van der Waals surface area contributed by atoms with Crippen LogP contribution in [0.1, 0.15) is 36.0 Å². The molecule has 7 nitrogen and oxygen atoms in total. The summed E-state index contributed by atoms with van der Waals surface area (Å²) in [7, 11) is 0. The maximum Gasteiger partial charge on any atom is 0.433 e. The minimum absolute atomic E-state index is 0.0731. The third-order valence-electron chi connectivity index (χ3n) is 3.86. The van der Waals surface area contributed by atoms with Crippen LogP contribution in [0, 0.1) is 0 Å². The number of carboxylic acids is 1. The number of aryl methyl sites for hydroxylation is 1. The van der Waals surface area contributed by atoms with Crippen molar-refractivity contribution >= 4 is 5.97 Å². The lowest BCUT2D eigenvalue weighted by molar-refractivity contribution is -0.142. The molecule has 1 atom stereocenters. The van der Waals surface area contributed by atoms with Gasteiger partial charge in [-0.15, -0.1) is 0 Å². The summed E-state index contributed by atoms with van der Waals surface area (Å²) < 4.78 is 39.7. The Morgan fingerprint density at radius 1 is 1.38 bits per heavy atom. The fourth-order valence-corrected chi connectivity index (χ4v) is 2.73. The van der Waals surface area contributed by atoms with Crippen molar-refractivity contribution in [2.45, 2.75) is 38.0 Å². The minimum Gasteiger partial charge on any atom is -0.480 e. The highest BCUT2D eigenvalue weighted by Gasteiger charge is 2.32. The Morgan fingerprint density at radius 3 is 2.71 bits per heavy atom. The standard InChI is InChI=1S/C14H13F3N4O3/c15-14(16,17)10-5-4-8(6-18-10)7-20-13(24)21-9(12(22)23)2-1-3-11(21)19-20/h4-6,9H,1-3,7H2,(H,22,23). The van der Waals surface area contributed by atoms with Crippen LogP contribution in [0.15, 0.2) is 23.1 Å². The molecule has 0 aliphatic carbocycles. The molecule has 2 aromatic heterocycles. The minimum atomic E-state index is -4.53. The number of rotatable bonds is 3. The normalized spacial score (nSPS) is 17.5. The van der Waals surface area contributed by atoms with E-state index in [1.165, 1.54) is 6.07 Å². The molecular formula is C14H13F3N4O3. The van der Waals surface area contributed by atoms with Gasteiger partial charge in [-0.2, -0.15) is 18.3 Å². The number of halogens is 3. The van der Waals surface area contributed by atoms with Crippen molar-refractivity contribution in [3.05, 3.63) is 45.9 Å². The van der Waals surface area contributed by atoms with Crippen LogP contribution in [0.4, 0.5) is 13.2 Å². The third-order valence-corrected chi connectivity index (χ3v) is 3.86.